The van der Waals surface area contributed by atoms with Crippen molar-refractivity contribution < 1.29 is 68.3 Å². The molecule has 3 fully saturated rings. The van der Waals surface area contributed by atoms with Crippen molar-refractivity contribution in [1.29, 1.82) is 0 Å². The van der Waals surface area contributed by atoms with Crippen LogP contribution < -0.4 is 0 Å². The maximum atomic E-state index is 14.6. The predicted molar refractivity (Wildman–Crippen MR) is 306 cm³/mol. The molecular formula is C62H94ClN3O14. The van der Waals surface area contributed by atoms with E-state index in [1.165, 1.54) is 19.7 Å². The van der Waals surface area contributed by atoms with Gasteiger partial charge in [0.25, 0.3) is 0 Å². The Morgan fingerprint density at radius 2 is 1.52 bits per heavy atom. The minimum Gasteiger partial charge on any atom is -0.464 e. The zero-order valence-electron chi connectivity index (χ0n) is 50.1. The minimum absolute atomic E-state index is 0.0217. The lowest BCUT2D eigenvalue weighted by atomic mass is 9.77. The number of hydrogen-bond acceptors (Lipinski definition) is 16. The van der Waals surface area contributed by atoms with Crippen LogP contribution in [0, 0.1) is 23.2 Å². The number of methoxy groups -OCH3 is 1. The van der Waals surface area contributed by atoms with Crippen molar-refractivity contribution in [3.63, 3.8) is 0 Å². The molecule has 0 saturated carbocycles. The summed E-state index contributed by atoms with van der Waals surface area (Å²) >= 11 is 6.39. The minimum atomic E-state index is -1.86. The van der Waals surface area contributed by atoms with Crippen LogP contribution in [0.3, 0.4) is 0 Å². The van der Waals surface area contributed by atoms with Gasteiger partial charge in [0.2, 0.25) is 0 Å². The molecule has 5 N–H and O–H groups in total. The molecule has 0 spiro atoms. The van der Waals surface area contributed by atoms with Crippen molar-refractivity contribution in [3.05, 3.63) is 71.0 Å². The van der Waals surface area contributed by atoms with Crippen molar-refractivity contribution in [2.45, 2.75) is 218 Å². The predicted octanol–water partition coefficient (Wildman–Crippen LogP) is 7.43. The molecule has 4 aliphatic rings. The molecule has 18 atom stereocenters. The van der Waals surface area contributed by atoms with E-state index < -0.39 is 108 Å². The Balaban J connectivity index is 1.14. The highest BCUT2D eigenvalue weighted by Crippen LogP contribution is 2.48. The second kappa shape index (κ2) is 25.8. The molecular weight excluding hydrogens is 1050 g/mol. The van der Waals surface area contributed by atoms with Gasteiger partial charge >= 0.3 is 11.9 Å². The van der Waals surface area contributed by atoms with Gasteiger partial charge in [-0.25, -0.2) is 0 Å². The van der Waals surface area contributed by atoms with Gasteiger partial charge in [-0.05, 0) is 123 Å². The number of ether oxygens (including phenoxy) is 7. The summed E-state index contributed by atoms with van der Waals surface area (Å²) in [5, 5.41) is 60.8. The fourth-order valence-corrected chi connectivity index (χ4v) is 13.5. The quantitative estimate of drug-likeness (QED) is 0.0994. The number of rotatable bonds is 14. The normalized spacial score (nSPS) is 37.6. The number of aliphatic hydroxyl groups is 5. The standard InChI is InChI=1S/C62H94ClN3O14/c1-16-47-62(12,73)54(69)39(6)65(14)33-35(2)30-60(10,72)56(37(4)53(38(5)57(71)78-47)79-49-32-61(11,74-15)55(70)40(7)77-49)80-58-52(68)45(28-36(3)76-58)64(13)26-27-75-48(67)29-44-50(42-22-24-43(63)25-23-42)51(41-20-18-17-19-21-41)46-31-59(8,9)34-66(44)46/h17-25,35-40,45,47,49,52-56,58,68-70,72-73H,16,26-34H2,1-15H3/t35-,36-,37+,38-,39-,40+,45+,47-,49+,52-,53+,54-,55+,56-,58+,60-,61-,62-/m1/s1. The molecule has 0 bridgehead atoms. The number of esters is 2. The van der Waals surface area contributed by atoms with Crippen LogP contribution in [0.1, 0.15) is 120 Å². The fraction of sp³-hybridized carbons (Fsp3) is 0.710. The number of nitrogens with zero attached hydrogens (tertiary/aromatic N) is 3. The SMILES string of the molecule is CC[C@H]1OC(=O)[C@H](C)[C@@H](O[C@H]2C[C@@](C)(OC)[C@@H](O)[C@H](C)O2)[C@H](C)[C@@H](O[C@@H]2O[C@H](C)C[C@H](N(C)CCOC(=O)Cc3c(-c4ccc(Cl)cc4)c(-c4ccccc4)c4n3CC(C)(C)C4)[C@H]2O)[C@](C)(O)C[C@@H](C)CN(C)[C@H](C)[C@@H](O)[C@]1(C)O. The maximum Gasteiger partial charge on any atom is 0.311 e. The number of carbonyl (C=O) groups excluding carboxylic acids is 2. The average Bonchev–Trinajstić information content (AvgIpc) is 4.12. The molecule has 80 heavy (non-hydrogen) atoms. The van der Waals surface area contributed by atoms with Crippen molar-refractivity contribution >= 4 is 23.5 Å². The molecule has 3 aromatic rings. The Morgan fingerprint density at radius 1 is 0.875 bits per heavy atom. The Kier molecular flexibility index (Phi) is 20.6. The van der Waals surface area contributed by atoms with Crippen LogP contribution >= 0.6 is 11.6 Å². The van der Waals surface area contributed by atoms with E-state index in [1.54, 1.807) is 48.5 Å². The highest BCUT2D eigenvalue weighted by molar-refractivity contribution is 6.30. The molecule has 1 aromatic heterocycles. The number of hydrogen-bond donors (Lipinski definition) is 5. The van der Waals surface area contributed by atoms with Crippen molar-refractivity contribution in [2.24, 2.45) is 23.2 Å². The van der Waals surface area contributed by atoms with Crippen LogP contribution in [0.5, 0.6) is 0 Å². The molecule has 4 aliphatic heterocycles. The Bertz CT molecular complexity index is 2540. The van der Waals surface area contributed by atoms with Gasteiger partial charge in [0.1, 0.15) is 36.6 Å². The van der Waals surface area contributed by atoms with E-state index in [-0.39, 0.29) is 56.1 Å². The van der Waals surface area contributed by atoms with Gasteiger partial charge in [-0.3, -0.25) is 14.5 Å². The first-order valence-electron chi connectivity index (χ1n) is 28.9. The van der Waals surface area contributed by atoms with E-state index >= 15 is 0 Å². The summed E-state index contributed by atoms with van der Waals surface area (Å²) in [6, 6.07) is 16.9. The first-order chi connectivity index (χ1) is 37.4. The van der Waals surface area contributed by atoms with Gasteiger partial charge in [-0.1, -0.05) is 88.7 Å². The first-order valence-corrected chi connectivity index (χ1v) is 29.3. The highest BCUT2D eigenvalue weighted by atomic mass is 35.5. The zero-order chi connectivity index (χ0) is 59.0. The van der Waals surface area contributed by atoms with Crippen LogP contribution in [0.25, 0.3) is 22.3 Å². The van der Waals surface area contributed by atoms with Gasteiger partial charge in [0.05, 0.1) is 48.0 Å². The summed E-state index contributed by atoms with van der Waals surface area (Å²) in [5.41, 5.74) is 1.57. The van der Waals surface area contributed by atoms with Crippen LogP contribution in [-0.2, 0) is 62.1 Å². The van der Waals surface area contributed by atoms with Crippen LogP contribution in [-0.4, -0.2) is 183 Å². The van der Waals surface area contributed by atoms with Crippen molar-refractivity contribution in [3.8, 4) is 22.3 Å². The molecule has 7 rings (SSSR count). The van der Waals surface area contributed by atoms with Crippen molar-refractivity contribution in [2.75, 3.05) is 40.9 Å². The van der Waals surface area contributed by atoms with Gasteiger partial charge in [-0.2, -0.15) is 0 Å². The number of aromatic nitrogens is 1. The second-order valence-corrected chi connectivity index (χ2v) is 26.0. The van der Waals surface area contributed by atoms with E-state index in [9.17, 15) is 35.1 Å². The van der Waals surface area contributed by atoms with Gasteiger partial charge in [0.15, 0.2) is 12.6 Å². The highest BCUT2D eigenvalue weighted by Gasteiger charge is 2.53. The van der Waals surface area contributed by atoms with E-state index in [4.69, 9.17) is 44.8 Å². The largest absolute Gasteiger partial charge is 0.464 e. The molecule has 0 aliphatic carbocycles. The fourth-order valence-electron chi connectivity index (χ4n) is 13.4. The number of carbonyl (C=O) groups is 2. The summed E-state index contributed by atoms with van der Waals surface area (Å²) in [5.74, 6) is -3.28. The average molecular weight is 1140 g/mol. The molecule has 2 aromatic carbocycles. The number of halogens is 1. The van der Waals surface area contributed by atoms with Gasteiger partial charge < -0.3 is 68.2 Å². The third-order valence-corrected chi connectivity index (χ3v) is 18.3. The van der Waals surface area contributed by atoms with E-state index in [0.717, 1.165) is 40.9 Å². The Labute approximate surface area is 480 Å². The lowest BCUT2D eigenvalue weighted by molar-refractivity contribution is -0.318. The number of benzene rings is 2. The smallest absolute Gasteiger partial charge is 0.311 e. The number of cyclic esters (lactones) is 1. The number of likely N-dealkylation sites (N-methyl/N-ethyl adjacent to an activating group) is 2. The number of aliphatic hydroxyl groups excluding tert-OH is 3. The van der Waals surface area contributed by atoms with Crippen LogP contribution in [0.2, 0.25) is 5.02 Å². The molecule has 0 radical (unpaired) electrons. The summed E-state index contributed by atoms with van der Waals surface area (Å²) in [7, 11) is 5.19. The summed E-state index contributed by atoms with van der Waals surface area (Å²) in [6.07, 6.45) is -8.72. The topological polar surface area (TPSA) is 211 Å². The molecule has 17 nitrogen and oxygen atoms in total. The van der Waals surface area contributed by atoms with E-state index in [0.29, 0.717) is 18.0 Å². The monoisotopic (exact) mass is 1140 g/mol. The number of fused-ring (bicyclic) bond motifs is 1. The summed E-state index contributed by atoms with van der Waals surface area (Å²) in [4.78, 5) is 32.6. The molecule has 18 heteroatoms. The molecule has 5 heterocycles. The van der Waals surface area contributed by atoms with E-state index in [1.807, 2.05) is 80.2 Å². The van der Waals surface area contributed by atoms with Gasteiger partial charge in [0, 0.05) is 78.7 Å². The third-order valence-electron chi connectivity index (χ3n) is 18.0. The summed E-state index contributed by atoms with van der Waals surface area (Å²) in [6.45, 7) is 23.4. The molecule has 0 amide bonds. The van der Waals surface area contributed by atoms with Crippen molar-refractivity contribution in [1.82, 2.24) is 14.4 Å². The molecule has 448 valence electrons. The van der Waals surface area contributed by atoms with Gasteiger partial charge in [-0.15, -0.1) is 0 Å². The maximum absolute atomic E-state index is 14.6. The van der Waals surface area contributed by atoms with E-state index in [2.05, 4.69) is 30.5 Å². The third kappa shape index (κ3) is 14.0. The van der Waals surface area contributed by atoms with Crippen LogP contribution in [0.15, 0.2) is 54.6 Å². The lowest BCUT2D eigenvalue weighted by Gasteiger charge is -2.49. The first kappa shape index (κ1) is 64.0. The second-order valence-electron chi connectivity index (χ2n) is 25.5. The Hall–Kier alpha value is -3.53. The van der Waals surface area contributed by atoms with Crippen LogP contribution in [0.4, 0.5) is 0 Å². The zero-order valence-corrected chi connectivity index (χ0v) is 50.8. The Morgan fingerprint density at radius 3 is 2.16 bits per heavy atom. The summed E-state index contributed by atoms with van der Waals surface area (Å²) < 4.78 is 46.8. The molecule has 3 saturated heterocycles. The lowest BCUT2D eigenvalue weighted by Crippen LogP contribution is -2.61. The molecule has 0 unspecified atom stereocenters.